The lowest BCUT2D eigenvalue weighted by Gasteiger charge is -2.33. The van der Waals surface area contributed by atoms with Gasteiger partial charge in [-0.3, -0.25) is 0 Å². The Labute approximate surface area is 309 Å². The minimum atomic E-state index is -0.746. The van der Waals surface area contributed by atoms with E-state index in [1.54, 1.807) is 7.11 Å². The first-order valence-corrected chi connectivity index (χ1v) is 20.0. The van der Waals surface area contributed by atoms with Gasteiger partial charge in [-0.05, 0) is 57.4 Å². The molecule has 278 valence electrons. The van der Waals surface area contributed by atoms with Crippen LogP contribution in [0, 0.1) is 0 Å². The fourth-order valence-electron chi connectivity index (χ4n) is 6.98. The van der Waals surface area contributed by atoms with Gasteiger partial charge in [-0.15, -0.1) is 0 Å². The van der Waals surface area contributed by atoms with E-state index in [1.165, 1.54) is 89.5 Å². The van der Waals surface area contributed by atoms with Crippen LogP contribution in [0.15, 0.2) is 70.2 Å². The molecule has 3 aromatic rings. The summed E-state index contributed by atoms with van der Waals surface area (Å²) in [5.41, 5.74) is 5.73. The van der Waals surface area contributed by atoms with Crippen LogP contribution in [0.1, 0.15) is 128 Å². The number of aryl methyl sites for hydroxylation is 1. The van der Waals surface area contributed by atoms with Gasteiger partial charge in [-0.25, -0.2) is 14.6 Å². The lowest BCUT2D eigenvalue weighted by Crippen LogP contribution is -2.35. The van der Waals surface area contributed by atoms with Gasteiger partial charge in [0.25, 0.3) is 0 Å². The molecule has 0 aliphatic carbocycles. The monoisotopic (exact) mass is 717 g/mol. The van der Waals surface area contributed by atoms with Gasteiger partial charge in [0.1, 0.15) is 5.75 Å². The van der Waals surface area contributed by atoms with Gasteiger partial charge in [0, 0.05) is 22.7 Å². The van der Waals surface area contributed by atoms with Crippen molar-refractivity contribution in [3.63, 3.8) is 0 Å². The van der Waals surface area contributed by atoms with Crippen LogP contribution in [0.4, 0.5) is 0 Å². The van der Waals surface area contributed by atoms with E-state index in [0.29, 0.717) is 34.0 Å². The molecular formula is C42H59N3O5S. The maximum Gasteiger partial charge on any atom is 0.337 e. The number of allylic oxidation sites excluding steroid dienone is 1. The topological polar surface area (TPSA) is 103 Å². The summed E-state index contributed by atoms with van der Waals surface area (Å²) in [4.78, 5) is 35.8. The largest absolute Gasteiger partial charge is 0.496 e. The Morgan fingerprint density at radius 1 is 0.824 bits per heavy atom. The van der Waals surface area contributed by atoms with Crippen LogP contribution in [0.2, 0.25) is 0 Å². The fourth-order valence-corrected chi connectivity index (χ4v) is 7.84. The van der Waals surface area contributed by atoms with Gasteiger partial charge in [0.05, 0.1) is 48.4 Å². The zero-order valence-corrected chi connectivity index (χ0v) is 32.5. The number of methoxy groups -OCH3 is 2. The number of aromatic amines is 1. The first-order chi connectivity index (χ1) is 24.8. The smallest absolute Gasteiger partial charge is 0.337 e. The number of esters is 2. The summed E-state index contributed by atoms with van der Waals surface area (Å²) in [6, 6.07) is 13.9. The third kappa shape index (κ3) is 11.4. The number of carbonyl (C=O) groups excluding carboxylic acids is 2. The number of hydrogen-bond acceptors (Lipinski definition) is 8. The number of nitrogens with one attached hydrogen (secondary N) is 2. The van der Waals surface area contributed by atoms with E-state index in [0.717, 1.165) is 46.6 Å². The van der Waals surface area contributed by atoms with Crippen LogP contribution in [-0.4, -0.2) is 48.0 Å². The summed E-state index contributed by atoms with van der Waals surface area (Å²) in [6.45, 7) is 7.79. The van der Waals surface area contributed by atoms with E-state index in [1.807, 2.05) is 57.2 Å². The van der Waals surface area contributed by atoms with E-state index in [-0.39, 0.29) is 6.10 Å². The SMILES string of the molecule is CCCCCCCCCCCCCCCc1cccc(OC)c1C1C(C(=O)OC)=C(C)NC(CSc2nc3ccccc3[nH]2)=C1C(=O)OC(C)C. The molecule has 0 amide bonds. The summed E-state index contributed by atoms with van der Waals surface area (Å²) in [7, 11) is 3.01. The van der Waals surface area contributed by atoms with Crippen LogP contribution in [0.5, 0.6) is 5.75 Å². The number of thioether (sulfide) groups is 1. The molecule has 51 heavy (non-hydrogen) atoms. The van der Waals surface area contributed by atoms with Crippen molar-refractivity contribution < 1.29 is 23.8 Å². The number of ether oxygens (including phenoxy) is 3. The Balaban J connectivity index is 1.57. The number of dihydropyridines is 1. The number of benzene rings is 2. The third-order valence-electron chi connectivity index (χ3n) is 9.55. The zero-order chi connectivity index (χ0) is 36.6. The number of rotatable bonds is 22. The minimum Gasteiger partial charge on any atom is -0.496 e. The molecule has 1 atom stereocenters. The van der Waals surface area contributed by atoms with Crippen molar-refractivity contribution >= 4 is 34.7 Å². The average Bonchev–Trinajstić information content (AvgIpc) is 3.54. The van der Waals surface area contributed by atoms with Crippen molar-refractivity contribution in [1.82, 2.24) is 15.3 Å². The summed E-state index contributed by atoms with van der Waals surface area (Å²) in [5.74, 6) is -0.698. The van der Waals surface area contributed by atoms with E-state index in [9.17, 15) is 9.59 Å². The second-order valence-corrected chi connectivity index (χ2v) is 14.8. The highest BCUT2D eigenvalue weighted by atomic mass is 32.2. The van der Waals surface area contributed by atoms with Gasteiger partial charge < -0.3 is 24.5 Å². The van der Waals surface area contributed by atoms with Gasteiger partial charge in [-0.2, -0.15) is 0 Å². The molecule has 1 aliphatic heterocycles. The number of para-hydroxylation sites is 2. The highest BCUT2D eigenvalue weighted by molar-refractivity contribution is 7.99. The number of H-pyrrole nitrogens is 1. The second kappa shape index (κ2) is 21.0. The molecule has 4 rings (SSSR count). The summed E-state index contributed by atoms with van der Waals surface area (Å²) in [5, 5.41) is 4.13. The van der Waals surface area contributed by atoms with E-state index < -0.39 is 17.9 Å². The molecule has 1 unspecified atom stereocenters. The highest BCUT2D eigenvalue weighted by Gasteiger charge is 2.41. The van der Waals surface area contributed by atoms with Crippen LogP contribution in [-0.2, 0) is 25.5 Å². The van der Waals surface area contributed by atoms with E-state index in [2.05, 4.69) is 23.3 Å². The number of fused-ring (bicyclic) bond motifs is 1. The van der Waals surface area contributed by atoms with Crippen molar-refractivity contribution in [2.45, 2.75) is 135 Å². The summed E-state index contributed by atoms with van der Waals surface area (Å²) < 4.78 is 17.2. The van der Waals surface area contributed by atoms with Gasteiger partial charge >= 0.3 is 11.9 Å². The number of hydrogen-bond donors (Lipinski definition) is 2. The Morgan fingerprint density at radius 3 is 2.08 bits per heavy atom. The van der Waals surface area contributed by atoms with Crippen molar-refractivity contribution in [2.24, 2.45) is 0 Å². The molecule has 2 aromatic carbocycles. The number of imidazole rings is 1. The van der Waals surface area contributed by atoms with Crippen molar-refractivity contribution in [1.29, 1.82) is 0 Å². The molecule has 0 spiro atoms. The lowest BCUT2D eigenvalue weighted by atomic mass is 9.77. The van der Waals surface area contributed by atoms with E-state index >= 15 is 0 Å². The highest BCUT2D eigenvalue weighted by Crippen LogP contribution is 2.45. The van der Waals surface area contributed by atoms with Gasteiger partial charge in [0.15, 0.2) is 5.16 Å². The molecule has 8 nitrogen and oxygen atoms in total. The molecular weight excluding hydrogens is 659 g/mol. The predicted octanol–water partition coefficient (Wildman–Crippen LogP) is 10.3. The molecule has 0 saturated heterocycles. The number of unbranched alkanes of at least 4 members (excludes halogenated alkanes) is 12. The summed E-state index contributed by atoms with van der Waals surface area (Å²) in [6.07, 6.45) is 17.2. The average molecular weight is 718 g/mol. The quantitative estimate of drug-likeness (QED) is 0.0602. The number of carbonyl (C=O) groups is 2. The molecule has 1 aromatic heterocycles. The Morgan fingerprint density at radius 2 is 1.47 bits per heavy atom. The van der Waals surface area contributed by atoms with Crippen molar-refractivity contribution in [2.75, 3.05) is 20.0 Å². The normalized spacial score (nSPS) is 14.7. The maximum atomic E-state index is 14.1. The fraction of sp³-hybridized carbons (Fsp3) is 0.548. The minimum absolute atomic E-state index is 0.355. The molecule has 0 fully saturated rings. The van der Waals surface area contributed by atoms with Gasteiger partial charge in [-0.1, -0.05) is 120 Å². The first-order valence-electron chi connectivity index (χ1n) is 19.0. The van der Waals surface area contributed by atoms with Gasteiger partial charge in [0.2, 0.25) is 0 Å². The third-order valence-corrected chi connectivity index (χ3v) is 10.4. The Hall–Kier alpha value is -3.72. The molecule has 2 N–H and O–H groups in total. The van der Waals surface area contributed by atoms with Crippen LogP contribution in [0.3, 0.4) is 0 Å². The van der Waals surface area contributed by atoms with E-state index in [4.69, 9.17) is 19.2 Å². The number of aromatic nitrogens is 2. The number of nitrogens with zero attached hydrogens (tertiary/aromatic N) is 1. The predicted molar refractivity (Wildman–Crippen MR) is 208 cm³/mol. The van der Waals surface area contributed by atoms with Crippen LogP contribution < -0.4 is 10.1 Å². The molecule has 2 heterocycles. The van der Waals surface area contributed by atoms with Crippen LogP contribution in [0.25, 0.3) is 11.0 Å². The maximum absolute atomic E-state index is 14.1. The summed E-state index contributed by atoms with van der Waals surface area (Å²) >= 11 is 1.49. The lowest BCUT2D eigenvalue weighted by molar-refractivity contribution is -0.143. The molecule has 0 saturated carbocycles. The molecule has 0 bridgehead atoms. The Kier molecular flexibility index (Phi) is 16.5. The van der Waals surface area contributed by atoms with Crippen molar-refractivity contribution in [3.05, 3.63) is 76.1 Å². The van der Waals surface area contributed by atoms with Crippen molar-refractivity contribution in [3.8, 4) is 5.75 Å². The van der Waals surface area contributed by atoms with Crippen LogP contribution >= 0.6 is 11.8 Å². The molecule has 0 radical (unpaired) electrons. The first kappa shape index (κ1) is 40.1. The molecule has 9 heteroatoms. The Bertz CT molecular complexity index is 1610. The standard InChI is InChI=1S/C42H59N3O5S/c1-7-8-9-10-11-12-13-14-15-16-17-18-19-23-31-24-22-27-35(48-5)37(31)39-36(40(46)49-6)30(4)43-34(38(39)41(47)50-29(2)3)28-51-42-44-32-25-20-21-26-33(32)45-42/h20-22,24-27,29,39,43H,7-19,23,28H2,1-6H3,(H,44,45). The molecule has 1 aliphatic rings. The second-order valence-electron chi connectivity index (χ2n) is 13.8. The zero-order valence-electron chi connectivity index (χ0n) is 31.7.